The molecule has 0 fully saturated rings. The van der Waals surface area contributed by atoms with Crippen LogP contribution in [0, 0.1) is 6.92 Å². The van der Waals surface area contributed by atoms with E-state index in [1.54, 1.807) is 6.92 Å². The summed E-state index contributed by atoms with van der Waals surface area (Å²) in [5.41, 5.74) is 0. The number of carbonyl (C=O) groups is 1. The van der Waals surface area contributed by atoms with E-state index in [2.05, 4.69) is 6.92 Å². The van der Waals surface area contributed by atoms with Gasteiger partial charge in [0.2, 0.25) is 0 Å². The summed E-state index contributed by atoms with van der Waals surface area (Å²) in [6.07, 6.45) is 3.78. The van der Waals surface area contributed by atoms with Crippen molar-refractivity contribution in [3.63, 3.8) is 0 Å². The minimum absolute atomic E-state index is 0. The second-order valence-corrected chi connectivity index (χ2v) is 2.01. The van der Waals surface area contributed by atoms with Gasteiger partial charge in [0.1, 0.15) is 5.78 Å². The van der Waals surface area contributed by atoms with Crippen LogP contribution in [-0.4, -0.2) is 5.78 Å². The summed E-state index contributed by atoms with van der Waals surface area (Å²) in [6.45, 7) is 5.30. The molecule has 0 amide bonds. The molecule has 0 rings (SSSR count). The van der Waals surface area contributed by atoms with E-state index >= 15 is 0 Å². The summed E-state index contributed by atoms with van der Waals surface area (Å²) in [7, 11) is 0. The number of hydrogen-bond donors (Lipinski definition) is 0. The molecule has 1 nitrogen and oxygen atoms in total. The Balaban J connectivity index is 0. The van der Waals surface area contributed by atoms with Crippen LogP contribution < -0.4 is 0 Å². The normalized spacial score (nSPS) is 8.22. The Hall–Kier alpha value is 0.774. The molecule has 0 aromatic carbocycles. The van der Waals surface area contributed by atoms with E-state index in [0.29, 0.717) is 5.78 Å². The quantitative estimate of drug-likeness (QED) is 0.503. The Morgan fingerprint density at radius 1 is 1.44 bits per heavy atom. The largest absolute Gasteiger partial charge is 0.343 e. The van der Waals surface area contributed by atoms with E-state index < -0.39 is 0 Å². The molecule has 0 saturated carbocycles. The number of unbranched alkanes of at least 4 members (excludes halogenated alkanes) is 2. The maximum atomic E-state index is 10.3. The molecule has 0 aliphatic heterocycles. The average Bonchev–Trinajstić information content (AvgIpc) is 1.66. The second-order valence-electron chi connectivity index (χ2n) is 2.01. The van der Waals surface area contributed by atoms with Crippen LogP contribution in [0.25, 0.3) is 0 Å². The van der Waals surface area contributed by atoms with Gasteiger partial charge in [-0.2, -0.15) is 6.42 Å². The summed E-state index contributed by atoms with van der Waals surface area (Å²) in [4.78, 5) is 10.3. The first kappa shape index (κ1) is 12.5. The van der Waals surface area contributed by atoms with E-state index in [0.717, 1.165) is 25.7 Å². The zero-order chi connectivity index (χ0) is 6.41. The molecule has 0 atom stereocenters. The molecule has 0 heterocycles. The van der Waals surface area contributed by atoms with Crippen LogP contribution in [0.15, 0.2) is 0 Å². The van der Waals surface area contributed by atoms with Gasteiger partial charge < -0.3 is 11.7 Å². The van der Waals surface area contributed by atoms with Crippen molar-refractivity contribution < 1.29 is 37.5 Å². The van der Waals surface area contributed by atoms with Crippen molar-refractivity contribution in [1.82, 2.24) is 0 Å². The molecule has 0 aliphatic rings. The summed E-state index contributed by atoms with van der Waals surface area (Å²) >= 11 is 0. The third kappa shape index (κ3) is 12.1. The maximum absolute atomic E-state index is 10.3. The zero-order valence-electron chi connectivity index (χ0n) is 6.02. The zero-order valence-corrected chi connectivity index (χ0v) is 8.86. The van der Waals surface area contributed by atoms with Crippen LogP contribution in [0.1, 0.15) is 32.6 Å². The summed E-state index contributed by atoms with van der Waals surface area (Å²) in [5.74, 6) is 0.290. The molecule has 0 aliphatic carbocycles. The fraction of sp³-hybridized carbons (Fsp3) is 0.714. The van der Waals surface area contributed by atoms with Gasteiger partial charge in [-0.05, 0) is 13.3 Å². The predicted molar refractivity (Wildman–Crippen MR) is 34.5 cm³/mol. The van der Waals surface area contributed by atoms with Gasteiger partial charge in [-0.15, -0.1) is 0 Å². The molecule has 51 valence electrons. The monoisotopic (exact) mass is 202 g/mol. The summed E-state index contributed by atoms with van der Waals surface area (Å²) < 4.78 is 0. The minimum atomic E-state index is 0. The van der Waals surface area contributed by atoms with Crippen molar-refractivity contribution in [2.45, 2.75) is 32.6 Å². The standard InChI is InChI=1S/C7H13O.Y/c1-3-4-5-6-7(2)8;/h1,3-6H2,2H3;/q-1;. The minimum Gasteiger partial charge on any atom is -0.343 e. The number of carbonyl (C=O) groups excluding carboxylic acids is 1. The van der Waals surface area contributed by atoms with Crippen molar-refractivity contribution in [2.75, 3.05) is 0 Å². The molecule has 0 N–H and O–H groups in total. The molecule has 0 unspecified atom stereocenters. The Bertz CT molecular complexity index is 71.3. The van der Waals surface area contributed by atoms with Crippen molar-refractivity contribution >= 4 is 5.78 Å². The Morgan fingerprint density at radius 2 is 2.00 bits per heavy atom. The first-order chi connectivity index (χ1) is 3.77. The molecular formula is C7H13OY-. The molecule has 1 radical (unpaired) electrons. The van der Waals surface area contributed by atoms with E-state index in [1.807, 2.05) is 0 Å². The van der Waals surface area contributed by atoms with E-state index in [9.17, 15) is 4.79 Å². The van der Waals surface area contributed by atoms with Crippen LogP contribution in [-0.2, 0) is 37.5 Å². The Labute approximate surface area is 82.5 Å². The molecule has 0 bridgehead atoms. The SMILES string of the molecule is [CH2-]CCCCC(C)=O.[Y]. The third-order valence-corrected chi connectivity index (χ3v) is 1.03. The second kappa shape index (κ2) is 8.77. The molecule has 2 heteroatoms. The molecule has 0 saturated heterocycles. The van der Waals surface area contributed by atoms with Crippen LogP contribution in [0.2, 0.25) is 0 Å². The number of ketones is 1. The van der Waals surface area contributed by atoms with Crippen molar-refractivity contribution in [1.29, 1.82) is 0 Å². The maximum Gasteiger partial charge on any atom is 0.129 e. The topological polar surface area (TPSA) is 17.1 Å². The van der Waals surface area contributed by atoms with Gasteiger partial charge >= 0.3 is 0 Å². The van der Waals surface area contributed by atoms with Gasteiger partial charge in [0.05, 0.1) is 0 Å². The van der Waals surface area contributed by atoms with Crippen molar-refractivity contribution in [3.05, 3.63) is 6.92 Å². The molecule has 9 heavy (non-hydrogen) atoms. The molecular weight excluding hydrogens is 189 g/mol. The van der Waals surface area contributed by atoms with Gasteiger partial charge in [-0.1, -0.05) is 6.42 Å². The molecule has 0 aromatic heterocycles. The van der Waals surface area contributed by atoms with Gasteiger partial charge in [0, 0.05) is 39.1 Å². The van der Waals surface area contributed by atoms with Crippen LogP contribution in [0.5, 0.6) is 0 Å². The van der Waals surface area contributed by atoms with Crippen molar-refractivity contribution in [2.24, 2.45) is 0 Å². The molecule has 0 aromatic rings. The smallest absolute Gasteiger partial charge is 0.129 e. The van der Waals surface area contributed by atoms with E-state index in [-0.39, 0.29) is 32.7 Å². The van der Waals surface area contributed by atoms with Gasteiger partial charge in [0.25, 0.3) is 0 Å². The Kier molecular flexibility index (Phi) is 12.1. The van der Waals surface area contributed by atoms with Gasteiger partial charge in [-0.3, -0.25) is 0 Å². The van der Waals surface area contributed by atoms with Crippen LogP contribution >= 0.6 is 0 Å². The fourth-order valence-corrected chi connectivity index (χ4v) is 0.551. The number of Topliss-reactive ketones (excluding diaryl/α,β-unsaturated/α-hetero) is 1. The first-order valence-electron chi connectivity index (χ1n) is 3.06. The fourth-order valence-electron chi connectivity index (χ4n) is 0.551. The third-order valence-electron chi connectivity index (χ3n) is 1.03. The predicted octanol–water partition coefficient (Wildman–Crippen LogP) is 1.97. The summed E-state index contributed by atoms with van der Waals surface area (Å²) in [5, 5.41) is 0. The average molecular weight is 202 g/mol. The van der Waals surface area contributed by atoms with E-state index in [1.165, 1.54) is 0 Å². The van der Waals surface area contributed by atoms with Crippen molar-refractivity contribution in [3.8, 4) is 0 Å². The number of rotatable bonds is 4. The first-order valence-corrected chi connectivity index (χ1v) is 3.06. The number of hydrogen-bond acceptors (Lipinski definition) is 1. The van der Waals surface area contributed by atoms with Crippen LogP contribution in [0.4, 0.5) is 0 Å². The van der Waals surface area contributed by atoms with Gasteiger partial charge in [-0.25, -0.2) is 0 Å². The summed E-state index contributed by atoms with van der Waals surface area (Å²) in [6, 6.07) is 0. The molecule has 0 spiro atoms. The van der Waals surface area contributed by atoms with Gasteiger partial charge in [0.15, 0.2) is 0 Å². The van der Waals surface area contributed by atoms with Crippen LogP contribution in [0.3, 0.4) is 0 Å². The van der Waals surface area contributed by atoms with E-state index in [4.69, 9.17) is 0 Å². The Morgan fingerprint density at radius 3 is 2.33 bits per heavy atom.